The highest BCUT2D eigenvalue weighted by molar-refractivity contribution is 6.31. The predicted molar refractivity (Wildman–Crippen MR) is 120 cm³/mol. The van der Waals surface area contributed by atoms with Crippen molar-refractivity contribution in [3.8, 4) is 5.69 Å². The minimum atomic E-state index is -0.204. The van der Waals surface area contributed by atoms with E-state index in [1.165, 1.54) is 4.68 Å². The van der Waals surface area contributed by atoms with Crippen molar-refractivity contribution in [1.82, 2.24) is 14.3 Å². The predicted octanol–water partition coefficient (Wildman–Crippen LogP) is 4.40. The van der Waals surface area contributed by atoms with Gasteiger partial charge in [-0.25, -0.2) is 0 Å². The molecule has 0 aliphatic heterocycles. The Hall–Kier alpha value is -3.38. The minimum absolute atomic E-state index is 0.0864. The lowest BCUT2D eigenvalue weighted by Crippen LogP contribution is -2.22. The highest BCUT2D eigenvalue weighted by Crippen LogP contribution is 2.24. The molecule has 2 aromatic heterocycles. The number of anilines is 1. The monoisotopic (exact) mass is 420 g/mol. The van der Waals surface area contributed by atoms with Crippen molar-refractivity contribution in [2.24, 2.45) is 0 Å². The molecule has 4 rings (SSSR count). The fraction of sp³-hybridized carbons (Fsp3) is 0.174. The first kappa shape index (κ1) is 19.9. The number of nitrogens with zero attached hydrogens (tertiary/aromatic N) is 3. The topological polar surface area (TPSA) is 68.9 Å². The summed E-state index contributed by atoms with van der Waals surface area (Å²) in [5.41, 5.74) is 3.65. The molecule has 0 aliphatic rings. The largest absolute Gasteiger partial charge is 0.338 e. The summed E-state index contributed by atoms with van der Waals surface area (Å²) in [6.07, 6.45) is 1.68. The average Bonchev–Trinajstić information content (AvgIpc) is 2.97. The van der Waals surface area contributed by atoms with Crippen molar-refractivity contribution < 1.29 is 4.79 Å². The van der Waals surface area contributed by atoms with Crippen LogP contribution in [0.4, 0.5) is 5.69 Å². The van der Waals surface area contributed by atoms with Crippen LogP contribution in [-0.2, 0) is 11.3 Å². The van der Waals surface area contributed by atoms with Crippen LogP contribution in [0.15, 0.2) is 59.5 Å². The van der Waals surface area contributed by atoms with Gasteiger partial charge in [0.2, 0.25) is 5.91 Å². The number of carbonyl (C=O) groups is 1. The Labute approximate surface area is 178 Å². The van der Waals surface area contributed by atoms with Gasteiger partial charge in [0.15, 0.2) is 0 Å². The molecule has 0 spiro atoms. The normalized spacial score (nSPS) is 11.1. The molecule has 0 saturated carbocycles. The molecule has 30 heavy (non-hydrogen) atoms. The van der Waals surface area contributed by atoms with Crippen LogP contribution in [0, 0.1) is 20.8 Å². The Bertz CT molecular complexity index is 1320. The van der Waals surface area contributed by atoms with Crippen molar-refractivity contribution in [3.63, 3.8) is 0 Å². The Kier molecular flexibility index (Phi) is 5.18. The van der Waals surface area contributed by atoms with E-state index in [4.69, 9.17) is 11.6 Å². The molecule has 0 unspecified atom stereocenters. The third-order valence-electron chi connectivity index (χ3n) is 5.32. The number of hydrogen-bond donors (Lipinski definition) is 1. The fourth-order valence-corrected chi connectivity index (χ4v) is 3.83. The summed E-state index contributed by atoms with van der Waals surface area (Å²) in [4.78, 5) is 25.9. The first-order valence-electron chi connectivity index (χ1n) is 9.56. The maximum absolute atomic E-state index is 13.1. The van der Waals surface area contributed by atoms with Gasteiger partial charge in [-0.15, -0.1) is 0 Å². The molecular weight excluding hydrogens is 400 g/mol. The zero-order valence-electron chi connectivity index (χ0n) is 16.9. The van der Waals surface area contributed by atoms with E-state index < -0.39 is 0 Å². The lowest BCUT2D eigenvalue weighted by atomic mass is 10.2. The van der Waals surface area contributed by atoms with Crippen molar-refractivity contribution >= 4 is 34.0 Å². The van der Waals surface area contributed by atoms with Gasteiger partial charge in [0, 0.05) is 27.5 Å². The third kappa shape index (κ3) is 3.50. The summed E-state index contributed by atoms with van der Waals surface area (Å²) in [7, 11) is 0. The maximum Gasteiger partial charge on any atom is 0.281 e. The van der Waals surface area contributed by atoms with E-state index in [-0.39, 0.29) is 18.0 Å². The van der Waals surface area contributed by atoms with Gasteiger partial charge in [-0.3, -0.25) is 9.59 Å². The lowest BCUT2D eigenvalue weighted by molar-refractivity contribution is -0.116. The van der Waals surface area contributed by atoms with Crippen LogP contribution in [-0.4, -0.2) is 20.3 Å². The summed E-state index contributed by atoms with van der Waals surface area (Å²) in [6.45, 7) is 5.73. The van der Waals surface area contributed by atoms with Crippen LogP contribution in [0.2, 0.25) is 5.02 Å². The number of fused-ring (bicyclic) bond motifs is 1. The van der Waals surface area contributed by atoms with E-state index >= 15 is 0 Å². The number of halogens is 1. The fourth-order valence-electron chi connectivity index (χ4n) is 3.66. The van der Waals surface area contributed by atoms with Crippen LogP contribution >= 0.6 is 11.6 Å². The molecule has 0 fully saturated rings. The van der Waals surface area contributed by atoms with Crippen molar-refractivity contribution in [2.45, 2.75) is 27.3 Å². The molecule has 152 valence electrons. The van der Waals surface area contributed by atoms with Gasteiger partial charge in [-0.05, 0) is 50.6 Å². The molecule has 0 bridgehead atoms. The molecule has 0 aliphatic carbocycles. The molecule has 0 saturated heterocycles. The number of rotatable bonds is 4. The zero-order chi connectivity index (χ0) is 21.4. The summed E-state index contributed by atoms with van der Waals surface area (Å²) in [6, 6.07) is 14.6. The highest BCUT2D eigenvalue weighted by atomic mass is 35.5. The zero-order valence-corrected chi connectivity index (χ0v) is 17.7. The molecule has 2 heterocycles. The first-order valence-corrected chi connectivity index (χ1v) is 9.93. The van der Waals surface area contributed by atoms with E-state index in [2.05, 4.69) is 10.4 Å². The number of aryl methyl sites for hydroxylation is 3. The Morgan fingerprint density at radius 2 is 1.80 bits per heavy atom. The summed E-state index contributed by atoms with van der Waals surface area (Å²) < 4.78 is 3.23. The standard InChI is InChI=1S/C23H21ClN4O2/c1-14-9-10-17(24)11-20(14)26-21(29)13-27-15(2)19-12-25-28(18-7-5-4-6-8-18)23(30)22(19)16(27)3/h4-12H,13H2,1-3H3,(H,26,29). The Morgan fingerprint density at radius 3 is 2.53 bits per heavy atom. The number of para-hydroxylation sites is 1. The van der Waals surface area contributed by atoms with Gasteiger partial charge in [0.1, 0.15) is 6.54 Å². The van der Waals surface area contributed by atoms with Crippen molar-refractivity contribution in [1.29, 1.82) is 0 Å². The number of benzene rings is 2. The second-order valence-corrected chi connectivity index (χ2v) is 7.69. The van der Waals surface area contributed by atoms with E-state index in [1.54, 1.807) is 18.3 Å². The number of aromatic nitrogens is 3. The van der Waals surface area contributed by atoms with Crippen LogP contribution in [0.3, 0.4) is 0 Å². The number of carbonyl (C=O) groups excluding carboxylic acids is 1. The second kappa shape index (κ2) is 7.80. The average molecular weight is 421 g/mol. The molecule has 7 heteroatoms. The SMILES string of the molecule is Cc1ccc(Cl)cc1NC(=O)Cn1c(C)c2cnn(-c3ccccc3)c(=O)c2c1C. The number of hydrogen-bond acceptors (Lipinski definition) is 3. The van der Waals surface area contributed by atoms with Gasteiger partial charge in [-0.1, -0.05) is 35.9 Å². The summed E-state index contributed by atoms with van der Waals surface area (Å²) in [5.74, 6) is -0.191. The molecule has 0 atom stereocenters. The second-order valence-electron chi connectivity index (χ2n) is 7.25. The summed E-state index contributed by atoms with van der Waals surface area (Å²) >= 11 is 6.05. The molecule has 1 amide bonds. The lowest BCUT2D eigenvalue weighted by Gasteiger charge is -2.12. The third-order valence-corrected chi connectivity index (χ3v) is 5.55. The van der Waals surface area contributed by atoms with E-state index in [0.717, 1.165) is 22.3 Å². The van der Waals surface area contributed by atoms with E-state index in [0.29, 0.717) is 21.8 Å². The summed E-state index contributed by atoms with van der Waals surface area (Å²) in [5, 5.41) is 9.11. The van der Waals surface area contributed by atoms with Crippen LogP contribution < -0.4 is 10.9 Å². The quantitative estimate of drug-likeness (QED) is 0.531. The molecule has 6 nitrogen and oxygen atoms in total. The Morgan fingerprint density at radius 1 is 1.07 bits per heavy atom. The first-order chi connectivity index (χ1) is 14.4. The molecule has 4 aromatic rings. The molecule has 1 N–H and O–H groups in total. The molecule has 2 aromatic carbocycles. The van der Waals surface area contributed by atoms with E-state index in [1.807, 2.05) is 61.7 Å². The van der Waals surface area contributed by atoms with Gasteiger partial charge in [-0.2, -0.15) is 9.78 Å². The van der Waals surface area contributed by atoms with E-state index in [9.17, 15) is 9.59 Å². The number of nitrogens with one attached hydrogen (secondary N) is 1. The van der Waals surface area contributed by atoms with Gasteiger partial charge in [0.05, 0.1) is 17.3 Å². The maximum atomic E-state index is 13.1. The molecule has 0 radical (unpaired) electrons. The van der Waals surface area contributed by atoms with Gasteiger partial charge < -0.3 is 9.88 Å². The molecular formula is C23H21ClN4O2. The Balaban J connectivity index is 1.71. The van der Waals surface area contributed by atoms with Gasteiger partial charge >= 0.3 is 0 Å². The minimum Gasteiger partial charge on any atom is -0.338 e. The van der Waals surface area contributed by atoms with Crippen LogP contribution in [0.25, 0.3) is 16.5 Å². The van der Waals surface area contributed by atoms with Gasteiger partial charge in [0.25, 0.3) is 5.56 Å². The van der Waals surface area contributed by atoms with Crippen molar-refractivity contribution in [2.75, 3.05) is 5.32 Å². The smallest absolute Gasteiger partial charge is 0.281 e. The number of amides is 1. The van der Waals surface area contributed by atoms with Crippen LogP contribution in [0.1, 0.15) is 17.0 Å². The van der Waals surface area contributed by atoms with Crippen molar-refractivity contribution in [3.05, 3.63) is 87.1 Å². The highest BCUT2D eigenvalue weighted by Gasteiger charge is 2.18. The van der Waals surface area contributed by atoms with Crippen LogP contribution in [0.5, 0.6) is 0 Å².